The molecule has 0 aromatic heterocycles. The molecule has 6 atom stereocenters. The molecule has 6 unspecified atom stereocenters. The lowest BCUT2D eigenvalue weighted by Crippen LogP contribution is -2.60. The van der Waals surface area contributed by atoms with Crippen LogP contribution in [0.1, 0.15) is 194 Å². The Morgan fingerprint density at radius 3 is 1.60 bits per heavy atom. The Labute approximate surface area is 364 Å². The van der Waals surface area contributed by atoms with Crippen molar-refractivity contribution in [2.24, 2.45) is 0 Å². The van der Waals surface area contributed by atoms with Gasteiger partial charge in [-0.05, 0) is 51.4 Å². The molecule has 1 rings (SSSR count). The molecule has 0 aromatic rings. The maximum Gasteiger partial charge on any atom is 0.397 e. The molecule has 0 amide bonds. The Balaban J connectivity index is 2.29. The minimum atomic E-state index is -5.06. The van der Waals surface area contributed by atoms with Crippen LogP contribution in [0.15, 0.2) is 36.5 Å². The third-order valence-corrected chi connectivity index (χ3v) is 11.2. The van der Waals surface area contributed by atoms with E-state index in [2.05, 4.69) is 54.5 Å². The number of rotatable bonds is 41. The minimum absolute atomic E-state index is 0.0357. The van der Waals surface area contributed by atoms with Crippen molar-refractivity contribution in [2.75, 3.05) is 26.4 Å². The number of ether oxygens (including phenoxy) is 4. The van der Waals surface area contributed by atoms with Crippen molar-refractivity contribution in [3.8, 4) is 0 Å². The second-order valence-electron chi connectivity index (χ2n) is 16.4. The lowest BCUT2D eigenvalue weighted by molar-refractivity contribution is -0.301. The molecule has 1 heterocycles. The van der Waals surface area contributed by atoms with Gasteiger partial charge in [0, 0.05) is 13.0 Å². The van der Waals surface area contributed by atoms with Crippen LogP contribution in [-0.4, -0.2) is 97.5 Å². The maximum atomic E-state index is 12.8. The van der Waals surface area contributed by atoms with Crippen molar-refractivity contribution in [3.63, 3.8) is 0 Å². The van der Waals surface area contributed by atoms with Crippen molar-refractivity contribution < 1.29 is 56.2 Å². The second-order valence-corrected chi connectivity index (χ2v) is 17.4. The van der Waals surface area contributed by atoms with Crippen molar-refractivity contribution in [1.29, 1.82) is 0 Å². The van der Waals surface area contributed by atoms with Crippen LogP contribution in [0.2, 0.25) is 0 Å². The van der Waals surface area contributed by atoms with Gasteiger partial charge >= 0.3 is 16.4 Å². The number of carbonyl (C=O) groups excluding carboxylic acids is 1. The summed E-state index contributed by atoms with van der Waals surface area (Å²) >= 11 is 0. The van der Waals surface area contributed by atoms with E-state index in [-0.39, 0.29) is 19.6 Å². The van der Waals surface area contributed by atoms with Gasteiger partial charge in [-0.3, -0.25) is 9.35 Å². The van der Waals surface area contributed by atoms with Gasteiger partial charge in [-0.25, -0.2) is 4.18 Å². The fourth-order valence-corrected chi connectivity index (χ4v) is 7.66. The normalized spacial score (nSPS) is 20.5. The third kappa shape index (κ3) is 32.1. The van der Waals surface area contributed by atoms with Gasteiger partial charge < -0.3 is 34.3 Å². The summed E-state index contributed by atoms with van der Waals surface area (Å²) in [4.78, 5) is 12.8. The van der Waals surface area contributed by atoms with Crippen LogP contribution in [-0.2, 0) is 38.3 Å². The zero-order valence-electron chi connectivity index (χ0n) is 37.5. The number of hydrogen-bond acceptors (Lipinski definition) is 11. The van der Waals surface area contributed by atoms with Crippen molar-refractivity contribution in [1.82, 2.24) is 0 Å². The summed E-state index contributed by atoms with van der Waals surface area (Å²) in [6.45, 7) is 3.95. The van der Waals surface area contributed by atoms with Gasteiger partial charge in [0.25, 0.3) is 0 Å². The van der Waals surface area contributed by atoms with E-state index in [1.165, 1.54) is 109 Å². The number of carbonyl (C=O) groups is 1. The van der Waals surface area contributed by atoms with Gasteiger partial charge in [-0.1, -0.05) is 172 Å². The summed E-state index contributed by atoms with van der Waals surface area (Å²) in [5.74, 6) is -0.404. The molecule has 13 heteroatoms. The predicted octanol–water partition coefficient (Wildman–Crippen LogP) is 10.2. The highest BCUT2D eigenvalue weighted by atomic mass is 32.3. The average molecular weight is 875 g/mol. The molecule has 0 bridgehead atoms. The quantitative estimate of drug-likeness (QED) is 0.0198. The number of allylic oxidation sites excluding steroid dienone is 6. The first-order chi connectivity index (χ1) is 29.1. The maximum absolute atomic E-state index is 12.8. The lowest BCUT2D eigenvalue weighted by Gasteiger charge is -2.41. The summed E-state index contributed by atoms with van der Waals surface area (Å²) in [5, 5.41) is 30.6. The summed E-state index contributed by atoms with van der Waals surface area (Å²) in [5.41, 5.74) is 0. The smallest absolute Gasteiger partial charge is 0.397 e. The Morgan fingerprint density at radius 1 is 0.633 bits per heavy atom. The molecule has 1 aliphatic heterocycles. The van der Waals surface area contributed by atoms with Crippen LogP contribution < -0.4 is 0 Å². The molecule has 0 spiro atoms. The Kier molecular flexibility index (Phi) is 36.6. The second kappa shape index (κ2) is 39.0. The summed E-state index contributed by atoms with van der Waals surface area (Å²) < 4.78 is 58.9. The summed E-state index contributed by atoms with van der Waals surface area (Å²) in [6.07, 6.45) is 36.3. The topological polar surface area (TPSA) is 178 Å². The monoisotopic (exact) mass is 875 g/mol. The molecular weight excluding hydrogens is 789 g/mol. The van der Waals surface area contributed by atoms with Gasteiger partial charge in [-0.2, -0.15) is 8.42 Å². The van der Waals surface area contributed by atoms with Crippen molar-refractivity contribution in [3.05, 3.63) is 36.5 Å². The SMILES string of the molecule is CCCCCCC/C=C\C/C=C\C/C=C\CCCCCCCCCCCCC(=O)OC(COCCCCCCCCCC)COC1OC(CO)C(O)C(OS(=O)(=O)O)C1O. The molecular formula is C47H86O12S. The standard InChI is InChI=1S/C47H86O12S/c1-3-5-7-9-11-13-14-15-16-17-18-19-20-21-22-23-24-25-26-27-28-29-30-32-34-36-43(49)57-41(39-55-37-35-33-31-12-10-8-6-4-2)40-56-47-45(51)46(59-60(52,53)54)44(50)42(38-48)58-47/h14-15,17-18,20-21,41-42,44-48,50-51H,3-13,16,19,22-40H2,1-2H3,(H,52,53,54)/b15-14-,18-17-,21-20-. The largest absolute Gasteiger partial charge is 0.457 e. The fraction of sp³-hybridized carbons (Fsp3) is 0.851. The van der Waals surface area contributed by atoms with E-state index in [9.17, 15) is 28.5 Å². The minimum Gasteiger partial charge on any atom is -0.457 e. The van der Waals surface area contributed by atoms with Crippen LogP contribution in [0.25, 0.3) is 0 Å². The first-order valence-electron chi connectivity index (χ1n) is 23.7. The van der Waals surface area contributed by atoms with Crippen LogP contribution in [0.5, 0.6) is 0 Å². The van der Waals surface area contributed by atoms with Gasteiger partial charge in [0.15, 0.2) is 6.29 Å². The predicted molar refractivity (Wildman–Crippen MR) is 239 cm³/mol. The zero-order valence-corrected chi connectivity index (χ0v) is 38.3. The Morgan fingerprint density at radius 2 is 1.10 bits per heavy atom. The number of esters is 1. The van der Waals surface area contributed by atoms with Crippen LogP contribution in [0.4, 0.5) is 0 Å². The van der Waals surface area contributed by atoms with E-state index in [0.29, 0.717) is 13.0 Å². The zero-order chi connectivity index (χ0) is 43.9. The lowest BCUT2D eigenvalue weighted by atomic mass is 9.99. The van der Waals surface area contributed by atoms with Gasteiger partial charge in [0.05, 0.1) is 19.8 Å². The van der Waals surface area contributed by atoms with E-state index >= 15 is 0 Å². The van der Waals surface area contributed by atoms with Gasteiger partial charge in [0.2, 0.25) is 0 Å². The molecule has 352 valence electrons. The van der Waals surface area contributed by atoms with Gasteiger partial charge in [0.1, 0.15) is 30.5 Å². The molecule has 1 aliphatic rings. The third-order valence-electron chi connectivity index (χ3n) is 10.8. The Hall–Kier alpha value is -1.68. The van der Waals surface area contributed by atoms with E-state index in [4.69, 9.17) is 23.5 Å². The molecule has 12 nitrogen and oxygen atoms in total. The highest BCUT2D eigenvalue weighted by Crippen LogP contribution is 2.26. The number of unbranched alkanes of at least 4 members (excludes halogenated alkanes) is 22. The summed E-state index contributed by atoms with van der Waals surface area (Å²) in [7, 11) is -5.06. The number of hydrogen-bond donors (Lipinski definition) is 4. The molecule has 0 aromatic carbocycles. The number of aliphatic hydroxyl groups excluding tert-OH is 3. The molecule has 0 radical (unpaired) electrons. The van der Waals surface area contributed by atoms with Crippen LogP contribution in [0, 0.1) is 0 Å². The van der Waals surface area contributed by atoms with E-state index in [1.807, 2.05) is 0 Å². The fourth-order valence-electron chi connectivity index (χ4n) is 7.15. The highest BCUT2D eigenvalue weighted by molar-refractivity contribution is 7.80. The van der Waals surface area contributed by atoms with E-state index in [1.54, 1.807) is 0 Å². The molecule has 0 aliphatic carbocycles. The average Bonchev–Trinajstić information content (AvgIpc) is 3.22. The van der Waals surface area contributed by atoms with Gasteiger partial charge in [-0.15, -0.1) is 0 Å². The van der Waals surface area contributed by atoms with Crippen LogP contribution >= 0.6 is 0 Å². The molecule has 60 heavy (non-hydrogen) atoms. The molecule has 1 saturated heterocycles. The summed E-state index contributed by atoms with van der Waals surface area (Å²) in [6, 6.07) is 0. The van der Waals surface area contributed by atoms with Crippen molar-refractivity contribution in [2.45, 2.75) is 230 Å². The first-order valence-corrected chi connectivity index (χ1v) is 25.1. The Bertz CT molecular complexity index is 1190. The highest BCUT2D eigenvalue weighted by Gasteiger charge is 2.48. The van der Waals surface area contributed by atoms with Crippen molar-refractivity contribution >= 4 is 16.4 Å². The van der Waals surface area contributed by atoms with E-state index < -0.39 is 59.8 Å². The molecule has 1 fully saturated rings. The first kappa shape index (κ1) is 56.3. The van der Waals surface area contributed by atoms with E-state index in [0.717, 1.165) is 57.8 Å². The van der Waals surface area contributed by atoms with Crippen LogP contribution in [0.3, 0.4) is 0 Å². The molecule has 4 N–H and O–H groups in total. The number of aliphatic hydroxyl groups is 3. The molecule has 0 saturated carbocycles.